The zero-order chi connectivity index (χ0) is 13.9. The van der Waals surface area contributed by atoms with Gasteiger partial charge in [-0.05, 0) is 6.07 Å². The topological polar surface area (TPSA) is 77.3 Å². The van der Waals surface area contributed by atoms with Crippen molar-refractivity contribution in [1.82, 2.24) is 0 Å². The minimum absolute atomic E-state index is 0.0697. The standard InChI is InChI=1S/C11H10ClNO4S/c1-8(2)3-4-9-5-10(13(14)15)7-11(6-9)18(12,16)17/h5-8H,1-2H3. The highest BCUT2D eigenvalue weighted by Crippen LogP contribution is 2.23. The van der Waals surface area contributed by atoms with Gasteiger partial charge in [-0.3, -0.25) is 10.1 Å². The Bertz CT molecular complexity index is 641. The highest BCUT2D eigenvalue weighted by molar-refractivity contribution is 8.13. The van der Waals surface area contributed by atoms with Crippen LogP contribution in [0.25, 0.3) is 0 Å². The maximum Gasteiger partial charge on any atom is 0.272 e. The molecule has 0 aliphatic rings. The van der Waals surface area contributed by atoms with E-state index in [-0.39, 0.29) is 22.1 Å². The van der Waals surface area contributed by atoms with Crippen molar-refractivity contribution >= 4 is 25.4 Å². The third-order valence-corrected chi connectivity index (χ3v) is 3.22. The van der Waals surface area contributed by atoms with E-state index < -0.39 is 14.0 Å². The number of non-ortho nitro benzene ring substituents is 1. The molecule has 1 rings (SSSR count). The molecular weight excluding hydrogens is 278 g/mol. The molecule has 0 aromatic heterocycles. The van der Waals surface area contributed by atoms with Crippen LogP contribution in [0.1, 0.15) is 19.4 Å². The molecule has 0 spiro atoms. The molecule has 7 heteroatoms. The minimum Gasteiger partial charge on any atom is -0.258 e. The summed E-state index contributed by atoms with van der Waals surface area (Å²) < 4.78 is 22.4. The van der Waals surface area contributed by atoms with Crippen LogP contribution >= 0.6 is 10.7 Å². The molecule has 0 amide bonds. The first-order valence-corrected chi connectivity index (χ1v) is 7.27. The van der Waals surface area contributed by atoms with E-state index >= 15 is 0 Å². The molecule has 0 saturated heterocycles. The number of nitro benzene ring substituents is 1. The third-order valence-electron chi connectivity index (χ3n) is 1.89. The predicted octanol–water partition coefficient (Wildman–Crippen LogP) is 2.53. The molecule has 0 bridgehead atoms. The van der Waals surface area contributed by atoms with Crippen molar-refractivity contribution in [2.24, 2.45) is 5.92 Å². The van der Waals surface area contributed by atoms with Crippen molar-refractivity contribution in [3.63, 3.8) is 0 Å². The van der Waals surface area contributed by atoms with Gasteiger partial charge >= 0.3 is 0 Å². The Morgan fingerprint density at radius 1 is 1.33 bits per heavy atom. The van der Waals surface area contributed by atoms with Crippen LogP contribution in [0.15, 0.2) is 23.1 Å². The molecule has 96 valence electrons. The molecule has 18 heavy (non-hydrogen) atoms. The molecule has 0 atom stereocenters. The van der Waals surface area contributed by atoms with E-state index in [4.69, 9.17) is 10.7 Å². The van der Waals surface area contributed by atoms with E-state index in [0.29, 0.717) is 0 Å². The third kappa shape index (κ3) is 4.02. The van der Waals surface area contributed by atoms with Crippen LogP contribution in [0.5, 0.6) is 0 Å². The summed E-state index contributed by atoms with van der Waals surface area (Å²) in [5.74, 6) is 5.54. The molecule has 0 aliphatic heterocycles. The van der Waals surface area contributed by atoms with Crippen LogP contribution in [0.3, 0.4) is 0 Å². The zero-order valence-electron chi connectivity index (χ0n) is 9.68. The van der Waals surface area contributed by atoms with Gasteiger partial charge in [0.25, 0.3) is 14.7 Å². The fourth-order valence-electron chi connectivity index (χ4n) is 1.13. The lowest BCUT2D eigenvalue weighted by Gasteiger charge is -1.99. The van der Waals surface area contributed by atoms with Crippen molar-refractivity contribution in [1.29, 1.82) is 0 Å². The van der Waals surface area contributed by atoms with E-state index in [2.05, 4.69) is 11.8 Å². The second-order valence-corrected chi connectivity index (χ2v) is 6.40. The number of halogens is 1. The normalized spacial score (nSPS) is 10.9. The summed E-state index contributed by atoms with van der Waals surface area (Å²) >= 11 is 0. The van der Waals surface area contributed by atoms with Gasteiger partial charge in [0.05, 0.1) is 9.82 Å². The number of nitro groups is 1. The van der Waals surface area contributed by atoms with Crippen molar-refractivity contribution < 1.29 is 13.3 Å². The second kappa shape index (κ2) is 5.38. The van der Waals surface area contributed by atoms with Crippen LogP contribution in [-0.2, 0) is 9.05 Å². The summed E-state index contributed by atoms with van der Waals surface area (Å²) in [7, 11) is 1.15. The summed E-state index contributed by atoms with van der Waals surface area (Å²) in [6.07, 6.45) is 0. The number of nitrogens with zero attached hydrogens (tertiary/aromatic N) is 1. The van der Waals surface area contributed by atoms with Gasteiger partial charge in [0, 0.05) is 34.3 Å². The number of hydrogen-bond acceptors (Lipinski definition) is 4. The van der Waals surface area contributed by atoms with Crippen molar-refractivity contribution in [2.75, 3.05) is 0 Å². The van der Waals surface area contributed by atoms with Crippen LogP contribution in [0.2, 0.25) is 0 Å². The molecule has 0 saturated carbocycles. The molecule has 0 N–H and O–H groups in total. The monoisotopic (exact) mass is 287 g/mol. The fourth-order valence-corrected chi connectivity index (χ4v) is 1.93. The number of hydrogen-bond donors (Lipinski definition) is 0. The fraction of sp³-hybridized carbons (Fsp3) is 0.273. The van der Waals surface area contributed by atoms with Crippen LogP contribution in [0, 0.1) is 27.9 Å². The molecule has 0 heterocycles. The largest absolute Gasteiger partial charge is 0.272 e. The summed E-state index contributed by atoms with van der Waals surface area (Å²) in [6, 6.07) is 3.33. The zero-order valence-corrected chi connectivity index (χ0v) is 11.2. The van der Waals surface area contributed by atoms with E-state index in [1.54, 1.807) is 0 Å². The number of rotatable bonds is 2. The van der Waals surface area contributed by atoms with E-state index in [9.17, 15) is 18.5 Å². The first kappa shape index (κ1) is 14.5. The maximum atomic E-state index is 11.2. The van der Waals surface area contributed by atoms with Gasteiger partial charge in [-0.15, -0.1) is 0 Å². The molecular formula is C11H10ClNO4S. The lowest BCUT2D eigenvalue weighted by Crippen LogP contribution is -1.96. The first-order chi connectivity index (χ1) is 8.20. The highest BCUT2D eigenvalue weighted by Gasteiger charge is 2.16. The van der Waals surface area contributed by atoms with Gasteiger partial charge in [0.2, 0.25) is 0 Å². The first-order valence-electron chi connectivity index (χ1n) is 4.96. The minimum atomic E-state index is -4.02. The Morgan fingerprint density at radius 3 is 2.39 bits per heavy atom. The maximum absolute atomic E-state index is 11.2. The number of benzene rings is 1. The van der Waals surface area contributed by atoms with Gasteiger partial charge in [0.1, 0.15) is 0 Å². The summed E-state index contributed by atoms with van der Waals surface area (Å²) in [5.41, 5.74) is -0.109. The van der Waals surface area contributed by atoms with Gasteiger partial charge in [-0.1, -0.05) is 25.7 Å². The van der Waals surface area contributed by atoms with E-state index in [1.165, 1.54) is 12.1 Å². The molecule has 5 nitrogen and oxygen atoms in total. The molecule has 1 aromatic rings. The summed E-state index contributed by atoms with van der Waals surface area (Å²) in [4.78, 5) is 9.67. The Morgan fingerprint density at radius 2 is 1.94 bits per heavy atom. The average Bonchev–Trinajstić information content (AvgIpc) is 2.24. The van der Waals surface area contributed by atoms with Crippen molar-refractivity contribution in [3.05, 3.63) is 33.9 Å². The van der Waals surface area contributed by atoms with Crippen molar-refractivity contribution in [2.45, 2.75) is 18.7 Å². The lowest BCUT2D eigenvalue weighted by molar-refractivity contribution is -0.385. The quantitative estimate of drug-likeness (QED) is 0.362. The second-order valence-electron chi connectivity index (χ2n) is 3.83. The predicted molar refractivity (Wildman–Crippen MR) is 67.9 cm³/mol. The Balaban J connectivity index is 3.42. The van der Waals surface area contributed by atoms with Gasteiger partial charge in [0.15, 0.2) is 0 Å². The van der Waals surface area contributed by atoms with E-state index in [0.717, 1.165) is 6.07 Å². The SMILES string of the molecule is CC(C)C#Cc1cc([N+](=O)[O-])cc(S(=O)(=O)Cl)c1. The van der Waals surface area contributed by atoms with Crippen LogP contribution < -0.4 is 0 Å². The van der Waals surface area contributed by atoms with Gasteiger partial charge in [-0.25, -0.2) is 8.42 Å². The lowest BCUT2D eigenvalue weighted by atomic mass is 10.1. The van der Waals surface area contributed by atoms with Gasteiger partial charge in [-0.2, -0.15) is 0 Å². The molecule has 0 aliphatic carbocycles. The average molecular weight is 288 g/mol. The van der Waals surface area contributed by atoms with E-state index in [1.807, 2.05) is 13.8 Å². The van der Waals surface area contributed by atoms with Crippen LogP contribution in [0.4, 0.5) is 5.69 Å². The van der Waals surface area contributed by atoms with Crippen LogP contribution in [-0.4, -0.2) is 13.3 Å². The summed E-state index contributed by atoms with van der Waals surface area (Å²) in [5, 5.41) is 10.7. The Hall–Kier alpha value is -1.58. The molecule has 0 fully saturated rings. The molecule has 0 radical (unpaired) electrons. The van der Waals surface area contributed by atoms with Crippen molar-refractivity contribution in [3.8, 4) is 11.8 Å². The Kier molecular flexibility index (Phi) is 4.33. The smallest absolute Gasteiger partial charge is 0.258 e. The Labute approximate surface area is 109 Å². The molecule has 1 aromatic carbocycles. The molecule has 0 unspecified atom stereocenters. The highest BCUT2D eigenvalue weighted by atomic mass is 35.7. The summed E-state index contributed by atoms with van der Waals surface area (Å²) in [6.45, 7) is 3.70. The van der Waals surface area contributed by atoms with Gasteiger partial charge < -0.3 is 0 Å².